The summed E-state index contributed by atoms with van der Waals surface area (Å²) >= 11 is 0. The van der Waals surface area contributed by atoms with Crippen LogP contribution in [0.15, 0.2) is 12.7 Å². The van der Waals surface area contributed by atoms with E-state index in [2.05, 4.69) is 20.4 Å². The Balaban J connectivity index is 6.06. The summed E-state index contributed by atoms with van der Waals surface area (Å²) in [4.78, 5) is 22.8. The molecule has 2 N–H and O–H groups in total. The predicted octanol–water partition coefficient (Wildman–Crippen LogP) is 4.15. The fraction of sp³-hybridized carbons (Fsp3) is 0.867. The summed E-state index contributed by atoms with van der Waals surface area (Å²) < 4.78 is 1.97. The summed E-state index contributed by atoms with van der Waals surface area (Å²) in [6.45, 7) is 19.7. The topological polar surface area (TPSA) is 43.7 Å². The first-order valence-corrected chi connectivity index (χ1v) is 9.47. The van der Waals surface area contributed by atoms with Crippen molar-refractivity contribution in [1.29, 1.82) is 0 Å². The molecular formula is C15H34NO2P. The van der Waals surface area contributed by atoms with Crippen LogP contribution in [0.1, 0.15) is 61.8 Å². The van der Waals surface area contributed by atoms with E-state index >= 15 is 0 Å². The Kier molecular flexibility index (Phi) is 5.83. The van der Waals surface area contributed by atoms with Crippen molar-refractivity contribution in [3.63, 3.8) is 0 Å². The van der Waals surface area contributed by atoms with Crippen molar-refractivity contribution in [2.75, 3.05) is 0 Å². The Bertz CT molecular complexity index is 310. The summed E-state index contributed by atoms with van der Waals surface area (Å²) in [5, 5.41) is 0. The maximum absolute atomic E-state index is 11.4. The van der Waals surface area contributed by atoms with Crippen LogP contribution in [0.25, 0.3) is 0 Å². The standard InChI is InChI=1S/C15H34NO2P/c1-10-11-15(8,9)16(12(2)3)19(17,18,13(4)5)14(6)7/h10,12-14,17-18H,1,11H2,2-9H3. The molecule has 0 unspecified atom stereocenters. The minimum atomic E-state index is -3.97. The second-order valence-corrected chi connectivity index (χ2v) is 11.8. The van der Waals surface area contributed by atoms with E-state index in [0.29, 0.717) is 0 Å². The molecule has 0 aromatic rings. The number of hydrogen-bond donors (Lipinski definition) is 2. The number of rotatable bonds is 7. The van der Waals surface area contributed by atoms with Crippen molar-refractivity contribution >= 4 is 7.21 Å². The normalized spacial score (nSPS) is 16.2. The zero-order valence-electron chi connectivity index (χ0n) is 14.0. The van der Waals surface area contributed by atoms with E-state index in [0.717, 1.165) is 6.42 Å². The van der Waals surface area contributed by atoms with Crippen LogP contribution in [0.3, 0.4) is 0 Å². The van der Waals surface area contributed by atoms with E-state index in [4.69, 9.17) is 0 Å². The summed E-state index contributed by atoms with van der Waals surface area (Å²) in [5.74, 6) is 0. The van der Waals surface area contributed by atoms with Gasteiger partial charge in [0.2, 0.25) is 0 Å². The zero-order valence-corrected chi connectivity index (χ0v) is 14.9. The van der Waals surface area contributed by atoms with Gasteiger partial charge in [-0.2, -0.15) is 0 Å². The molecule has 0 saturated carbocycles. The third-order valence-electron chi connectivity index (χ3n) is 4.18. The summed E-state index contributed by atoms with van der Waals surface area (Å²) in [5.41, 5.74) is -0.693. The average molecular weight is 291 g/mol. The molecule has 0 aliphatic heterocycles. The van der Waals surface area contributed by atoms with Gasteiger partial charge in [-0.15, -0.1) is 0 Å². The molecule has 0 heterocycles. The van der Waals surface area contributed by atoms with Crippen molar-refractivity contribution in [2.45, 2.75) is 84.7 Å². The van der Waals surface area contributed by atoms with Gasteiger partial charge in [0.05, 0.1) is 0 Å². The third kappa shape index (κ3) is 3.21. The molecule has 4 heteroatoms. The van der Waals surface area contributed by atoms with E-state index in [1.165, 1.54) is 0 Å². The Hall–Kier alpha value is 0.0500. The molecule has 0 aliphatic carbocycles. The van der Waals surface area contributed by atoms with Crippen LogP contribution in [-0.2, 0) is 0 Å². The van der Waals surface area contributed by atoms with Crippen molar-refractivity contribution < 1.29 is 9.79 Å². The molecule has 0 rings (SSSR count). The van der Waals surface area contributed by atoms with E-state index in [-0.39, 0.29) is 22.9 Å². The first-order valence-electron chi connectivity index (χ1n) is 7.23. The first kappa shape index (κ1) is 19.1. The Morgan fingerprint density at radius 2 is 1.42 bits per heavy atom. The van der Waals surface area contributed by atoms with Crippen molar-refractivity contribution in [3.05, 3.63) is 12.7 Å². The number of hydrogen-bond acceptors (Lipinski definition) is 3. The summed E-state index contributed by atoms with van der Waals surface area (Å²) in [6, 6.07) is 0.0624. The molecule has 0 atom stereocenters. The summed E-state index contributed by atoms with van der Waals surface area (Å²) in [7, 11) is -3.97. The van der Waals surface area contributed by atoms with Gasteiger partial charge in [-0.1, -0.05) is 0 Å². The van der Waals surface area contributed by atoms with Gasteiger partial charge in [0.25, 0.3) is 0 Å². The van der Waals surface area contributed by atoms with Gasteiger partial charge in [-0.25, -0.2) is 0 Å². The predicted molar refractivity (Wildman–Crippen MR) is 87.5 cm³/mol. The molecule has 0 amide bonds. The fourth-order valence-corrected chi connectivity index (χ4v) is 7.59. The van der Waals surface area contributed by atoms with Crippen LogP contribution >= 0.6 is 7.21 Å². The summed E-state index contributed by atoms with van der Waals surface area (Å²) in [6.07, 6.45) is 2.58. The van der Waals surface area contributed by atoms with E-state index < -0.39 is 7.21 Å². The molecule has 116 valence electrons. The van der Waals surface area contributed by atoms with Crippen LogP contribution in [0, 0.1) is 0 Å². The molecule has 0 saturated heterocycles. The van der Waals surface area contributed by atoms with E-state index in [1.807, 2.05) is 52.3 Å². The van der Waals surface area contributed by atoms with E-state index in [9.17, 15) is 9.79 Å². The molecule has 19 heavy (non-hydrogen) atoms. The third-order valence-corrected chi connectivity index (χ3v) is 10.0. The van der Waals surface area contributed by atoms with Gasteiger partial charge in [-0.05, 0) is 0 Å². The van der Waals surface area contributed by atoms with Crippen LogP contribution in [0.5, 0.6) is 0 Å². The molecule has 0 aromatic heterocycles. The molecule has 0 aromatic carbocycles. The van der Waals surface area contributed by atoms with Gasteiger partial charge in [-0.3, -0.25) is 0 Å². The molecule has 0 fully saturated rings. The second kappa shape index (κ2) is 5.81. The molecule has 0 radical (unpaired) electrons. The quantitative estimate of drug-likeness (QED) is 0.547. The first-order chi connectivity index (χ1) is 8.32. The van der Waals surface area contributed by atoms with Crippen LogP contribution in [0.2, 0.25) is 0 Å². The van der Waals surface area contributed by atoms with Crippen LogP contribution in [0.4, 0.5) is 0 Å². The molecule has 0 bridgehead atoms. The molecule has 0 spiro atoms. The monoisotopic (exact) mass is 291 g/mol. The molecule has 3 nitrogen and oxygen atoms in total. The van der Waals surface area contributed by atoms with Gasteiger partial charge in [0.1, 0.15) is 0 Å². The Labute approximate surface area is 119 Å². The van der Waals surface area contributed by atoms with Gasteiger partial charge >= 0.3 is 119 Å². The van der Waals surface area contributed by atoms with Crippen LogP contribution < -0.4 is 0 Å². The molecule has 0 aliphatic rings. The van der Waals surface area contributed by atoms with Gasteiger partial charge in [0.15, 0.2) is 0 Å². The fourth-order valence-electron chi connectivity index (χ4n) is 3.27. The van der Waals surface area contributed by atoms with Crippen LogP contribution in [-0.4, -0.2) is 37.4 Å². The van der Waals surface area contributed by atoms with Crippen molar-refractivity contribution in [2.24, 2.45) is 0 Å². The second-order valence-electron chi connectivity index (χ2n) is 7.04. The maximum atomic E-state index is 11.4. The van der Waals surface area contributed by atoms with Crippen molar-refractivity contribution in [1.82, 2.24) is 4.67 Å². The number of nitrogens with zero attached hydrogens (tertiary/aromatic N) is 1. The zero-order chi connectivity index (χ0) is 15.7. The van der Waals surface area contributed by atoms with Gasteiger partial charge in [0, 0.05) is 0 Å². The Morgan fingerprint density at radius 1 is 1.05 bits per heavy atom. The van der Waals surface area contributed by atoms with E-state index in [1.54, 1.807) is 0 Å². The average Bonchev–Trinajstić information content (AvgIpc) is 2.14. The molecular weight excluding hydrogens is 257 g/mol. The minimum absolute atomic E-state index is 0.0624. The Morgan fingerprint density at radius 3 is 1.63 bits per heavy atom. The SMILES string of the molecule is C=CCC(C)(C)N(C(C)C)P(O)(O)(C(C)C)C(C)C. The van der Waals surface area contributed by atoms with Crippen molar-refractivity contribution in [3.8, 4) is 0 Å². The van der Waals surface area contributed by atoms with Gasteiger partial charge < -0.3 is 0 Å².